The van der Waals surface area contributed by atoms with Gasteiger partial charge >= 0.3 is 0 Å². The lowest BCUT2D eigenvalue weighted by molar-refractivity contribution is 0.510. The van der Waals surface area contributed by atoms with Gasteiger partial charge in [-0.25, -0.2) is 22.2 Å². The molecule has 0 spiro atoms. The normalized spacial score (nSPS) is 14.6. The Morgan fingerprint density at radius 1 is 1.20 bits per heavy atom. The molecule has 4 rings (SSSR count). The fourth-order valence-corrected chi connectivity index (χ4v) is 4.60. The molecule has 0 radical (unpaired) electrons. The summed E-state index contributed by atoms with van der Waals surface area (Å²) in [6.07, 6.45) is 3.66. The van der Waals surface area contributed by atoms with Crippen molar-refractivity contribution in [1.29, 1.82) is 0 Å². The zero-order valence-corrected chi connectivity index (χ0v) is 14.3. The van der Waals surface area contributed by atoms with Crippen LogP contribution in [0.15, 0.2) is 45.2 Å². The minimum absolute atomic E-state index is 0.0319. The fourth-order valence-electron chi connectivity index (χ4n) is 2.29. The highest BCUT2D eigenvalue weighted by Crippen LogP contribution is 2.41. The predicted octanol–water partition coefficient (Wildman–Crippen LogP) is 4.36. The first-order valence-electron chi connectivity index (χ1n) is 7.46. The summed E-state index contributed by atoms with van der Waals surface area (Å²) in [5.41, 5.74) is -0.439. The number of aromatic nitrogens is 1. The molecule has 0 aliphatic heterocycles. The standard InChI is InChI=1S/C16H12F2N2O3S2/c17-10-3-4-11(18)12(7-10)20-25(21,22)15-6-5-14(24-15)13-8-19-16(23-13)9-1-2-9/h3-9,20H,1-2H2. The number of halogens is 2. The molecule has 130 valence electrons. The molecule has 2 heterocycles. The van der Waals surface area contributed by atoms with Crippen molar-refractivity contribution < 1.29 is 21.6 Å². The lowest BCUT2D eigenvalue weighted by Crippen LogP contribution is -2.12. The van der Waals surface area contributed by atoms with Gasteiger partial charge in [-0.2, -0.15) is 0 Å². The number of thiophene rings is 1. The molecule has 0 bridgehead atoms. The van der Waals surface area contributed by atoms with E-state index >= 15 is 0 Å². The second kappa shape index (κ2) is 5.92. The number of nitrogens with zero attached hydrogens (tertiary/aromatic N) is 1. The molecule has 3 aromatic rings. The van der Waals surface area contributed by atoms with Gasteiger partial charge < -0.3 is 4.42 Å². The highest BCUT2D eigenvalue weighted by molar-refractivity contribution is 7.94. The molecule has 5 nitrogen and oxygen atoms in total. The first kappa shape index (κ1) is 16.2. The number of anilines is 1. The SMILES string of the molecule is O=S(=O)(Nc1cc(F)ccc1F)c1ccc(-c2cnc(C3CC3)o2)s1. The molecule has 1 N–H and O–H groups in total. The summed E-state index contributed by atoms with van der Waals surface area (Å²) >= 11 is 0.967. The van der Waals surface area contributed by atoms with Crippen LogP contribution in [-0.2, 0) is 10.0 Å². The Balaban J connectivity index is 1.60. The van der Waals surface area contributed by atoms with E-state index < -0.39 is 27.3 Å². The predicted molar refractivity (Wildman–Crippen MR) is 89.0 cm³/mol. The molecule has 25 heavy (non-hydrogen) atoms. The van der Waals surface area contributed by atoms with E-state index in [-0.39, 0.29) is 4.21 Å². The number of oxazole rings is 1. The quantitative estimate of drug-likeness (QED) is 0.712. The summed E-state index contributed by atoms with van der Waals surface area (Å²) in [6, 6.07) is 5.55. The van der Waals surface area contributed by atoms with E-state index in [0.717, 1.165) is 42.4 Å². The van der Waals surface area contributed by atoms with Crippen LogP contribution in [0.3, 0.4) is 0 Å². The first-order valence-corrected chi connectivity index (χ1v) is 9.76. The molecule has 2 aromatic heterocycles. The van der Waals surface area contributed by atoms with Crippen molar-refractivity contribution in [2.45, 2.75) is 23.0 Å². The highest BCUT2D eigenvalue weighted by atomic mass is 32.2. The van der Waals surface area contributed by atoms with Gasteiger partial charge in [-0.15, -0.1) is 11.3 Å². The van der Waals surface area contributed by atoms with Crippen LogP contribution < -0.4 is 4.72 Å². The molecule has 1 aliphatic rings. The minimum atomic E-state index is -4.04. The van der Waals surface area contributed by atoms with Crippen molar-refractivity contribution in [3.8, 4) is 10.6 Å². The van der Waals surface area contributed by atoms with Gasteiger partial charge in [-0.3, -0.25) is 4.72 Å². The molecule has 0 amide bonds. The Labute approximate surface area is 146 Å². The first-order chi connectivity index (χ1) is 11.9. The molecule has 0 atom stereocenters. The number of hydrogen-bond acceptors (Lipinski definition) is 5. The maximum absolute atomic E-state index is 13.7. The van der Waals surface area contributed by atoms with Gasteiger partial charge in [0.2, 0.25) is 0 Å². The number of hydrogen-bond donors (Lipinski definition) is 1. The van der Waals surface area contributed by atoms with Crippen LogP contribution in [0.25, 0.3) is 10.6 Å². The summed E-state index contributed by atoms with van der Waals surface area (Å²) in [4.78, 5) is 4.80. The molecule has 9 heteroatoms. The summed E-state index contributed by atoms with van der Waals surface area (Å²) < 4.78 is 59.3. The Kier molecular flexibility index (Phi) is 3.84. The van der Waals surface area contributed by atoms with Crippen molar-refractivity contribution >= 4 is 27.0 Å². The molecule has 0 saturated heterocycles. The lowest BCUT2D eigenvalue weighted by atomic mass is 10.3. The zero-order chi connectivity index (χ0) is 17.6. The summed E-state index contributed by atoms with van der Waals surface area (Å²) in [7, 11) is -4.04. The Hall–Kier alpha value is -2.26. The van der Waals surface area contributed by atoms with E-state index in [1.807, 2.05) is 0 Å². The van der Waals surface area contributed by atoms with Gasteiger partial charge in [0.15, 0.2) is 11.7 Å². The average Bonchev–Trinajstić information content (AvgIpc) is 3.10. The molecule has 0 unspecified atom stereocenters. The molecular weight excluding hydrogens is 370 g/mol. The van der Waals surface area contributed by atoms with Crippen LogP contribution in [0.2, 0.25) is 0 Å². The van der Waals surface area contributed by atoms with E-state index in [0.29, 0.717) is 22.4 Å². The number of rotatable bonds is 5. The molecular formula is C16H12F2N2O3S2. The third-order valence-corrected chi connectivity index (χ3v) is 6.67. The largest absolute Gasteiger partial charge is 0.440 e. The van der Waals surface area contributed by atoms with E-state index in [1.165, 1.54) is 6.07 Å². The number of nitrogens with one attached hydrogen (secondary N) is 1. The van der Waals surface area contributed by atoms with Crippen molar-refractivity contribution in [3.63, 3.8) is 0 Å². The van der Waals surface area contributed by atoms with Crippen LogP contribution >= 0.6 is 11.3 Å². The average molecular weight is 382 g/mol. The van der Waals surface area contributed by atoms with Crippen LogP contribution in [0.5, 0.6) is 0 Å². The minimum Gasteiger partial charge on any atom is -0.440 e. The van der Waals surface area contributed by atoms with Gasteiger partial charge in [0.25, 0.3) is 10.0 Å². The topological polar surface area (TPSA) is 72.2 Å². The Morgan fingerprint density at radius 2 is 2.00 bits per heavy atom. The van der Waals surface area contributed by atoms with E-state index in [9.17, 15) is 17.2 Å². The molecule has 1 aromatic carbocycles. The monoisotopic (exact) mass is 382 g/mol. The van der Waals surface area contributed by atoms with Gasteiger partial charge in [0.05, 0.1) is 16.8 Å². The van der Waals surface area contributed by atoms with Crippen LogP contribution in [-0.4, -0.2) is 13.4 Å². The molecule has 1 saturated carbocycles. The lowest BCUT2D eigenvalue weighted by Gasteiger charge is -2.07. The number of sulfonamides is 1. The van der Waals surface area contributed by atoms with E-state index in [2.05, 4.69) is 9.71 Å². The van der Waals surface area contributed by atoms with Crippen molar-refractivity contribution in [2.75, 3.05) is 4.72 Å². The smallest absolute Gasteiger partial charge is 0.271 e. The fraction of sp³-hybridized carbons (Fsp3) is 0.188. The van der Waals surface area contributed by atoms with Gasteiger partial charge in [0.1, 0.15) is 15.8 Å². The van der Waals surface area contributed by atoms with Crippen molar-refractivity contribution in [1.82, 2.24) is 4.98 Å². The Bertz CT molecular complexity index is 1040. The van der Waals surface area contributed by atoms with Gasteiger partial charge in [-0.05, 0) is 37.1 Å². The van der Waals surface area contributed by atoms with Crippen molar-refractivity contribution in [2.24, 2.45) is 0 Å². The summed E-state index contributed by atoms with van der Waals surface area (Å²) in [6.45, 7) is 0. The summed E-state index contributed by atoms with van der Waals surface area (Å²) in [5.74, 6) is -0.0844. The summed E-state index contributed by atoms with van der Waals surface area (Å²) in [5, 5.41) is 0. The molecule has 1 aliphatic carbocycles. The maximum atomic E-state index is 13.7. The number of benzene rings is 1. The van der Waals surface area contributed by atoms with Crippen molar-refractivity contribution in [3.05, 3.63) is 54.1 Å². The maximum Gasteiger partial charge on any atom is 0.271 e. The Morgan fingerprint density at radius 3 is 2.76 bits per heavy atom. The molecule has 1 fully saturated rings. The second-order valence-electron chi connectivity index (χ2n) is 5.69. The highest BCUT2D eigenvalue weighted by Gasteiger charge is 2.29. The zero-order valence-electron chi connectivity index (χ0n) is 12.7. The third-order valence-electron chi connectivity index (χ3n) is 3.71. The van der Waals surface area contributed by atoms with Crippen LogP contribution in [0, 0.1) is 11.6 Å². The van der Waals surface area contributed by atoms with E-state index in [1.54, 1.807) is 12.3 Å². The van der Waals surface area contributed by atoms with Gasteiger partial charge in [-0.1, -0.05) is 0 Å². The van der Waals surface area contributed by atoms with E-state index in [4.69, 9.17) is 4.42 Å². The van der Waals surface area contributed by atoms with Crippen LogP contribution in [0.4, 0.5) is 14.5 Å². The second-order valence-corrected chi connectivity index (χ2v) is 8.68. The third kappa shape index (κ3) is 3.29. The van der Waals surface area contributed by atoms with Crippen LogP contribution in [0.1, 0.15) is 24.7 Å². The van der Waals surface area contributed by atoms with Gasteiger partial charge in [0, 0.05) is 12.0 Å².